The molecule has 1 atom stereocenters. The van der Waals surface area contributed by atoms with E-state index >= 15 is 0 Å². The van der Waals surface area contributed by atoms with Crippen LogP contribution in [0, 0.1) is 0 Å². The second-order valence-electron chi connectivity index (χ2n) is 6.50. The first kappa shape index (κ1) is 21.3. The number of sulfonamides is 1. The average molecular weight is 436 g/mol. The second-order valence-corrected chi connectivity index (χ2v) is 8.83. The Morgan fingerprint density at radius 3 is 2.38 bits per heavy atom. The van der Waals surface area contributed by atoms with E-state index in [1.165, 1.54) is 23.5 Å². The molecule has 0 fully saturated rings. The third-order valence-electron chi connectivity index (χ3n) is 4.61. The molecule has 0 bridgehead atoms. The lowest BCUT2D eigenvalue weighted by Gasteiger charge is -2.26. The topological polar surface area (TPSA) is 85.5 Å². The number of hydrogen-bond acceptors (Lipinski definition) is 6. The maximum absolute atomic E-state index is 13.2. The average Bonchev–Trinajstić information content (AvgIpc) is 3.20. The monoisotopic (exact) mass is 435 g/mol. The van der Waals surface area contributed by atoms with Crippen LogP contribution in [0.25, 0.3) is 11.4 Å². The molecule has 7 nitrogen and oxygen atoms in total. The smallest absolute Gasteiger partial charge is 0.243 e. The molecule has 1 aromatic heterocycles. The molecule has 2 aromatic carbocycles. The zero-order chi connectivity index (χ0) is 21.0. The van der Waals surface area contributed by atoms with Gasteiger partial charge in [-0.15, -0.1) is 0 Å². The van der Waals surface area contributed by atoms with Gasteiger partial charge in [-0.2, -0.15) is 9.29 Å². The van der Waals surface area contributed by atoms with Crippen molar-refractivity contribution in [3.63, 3.8) is 0 Å². The molecule has 3 rings (SSSR count). The molecule has 3 aromatic rings. The first-order valence-electron chi connectivity index (χ1n) is 9.09. The zero-order valence-electron chi connectivity index (χ0n) is 16.4. The Bertz CT molecular complexity index is 1050. The SMILES string of the molecule is CC[C@@H](C)N(Cc1nc(-c2ccc(Cl)cc2)no1)S(=O)(=O)c1ccc(OC)cc1. The van der Waals surface area contributed by atoms with Crippen molar-refractivity contribution in [2.75, 3.05) is 7.11 Å². The van der Waals surface area contributed by atoms with Crippen LogP contribution in [0.1, 0.15) is 26.2 Å². The van der Waals surface area contributed by atoms with Gasteiger partial charge in [-0.25, -0.2) is 8.42 Å². The summed E-state index contributed by atoms with van der Waals surface area (Å²) in [6.45, 7) is 3.75. The van der Waals surface area contributed by atoms with Crippen LogP contribution < -0.4 is 4.74 Å². The molecule has 154 valence electrons. The van der Waals surface area contributed by atoms with Crippen molar-refractivity contribution in [1.82, 2.24) is 14.4 Å². The molecule has 0 saturated carbocycles. The summed E-state index contributed by atoms with van der Waals surface area (Å²) in [5, 5.41) is 4.57. The fourth-order valence-electron chi connectivity index (χ4n) is 2.73. The van der Waals surface area contributed by atoms with Crippen molar-refractivity contribution in [2.24, 2.45) is 0 Å². The van der Waals surface area contributed by atoms with Crippen molar-refractivity contribution in [3.8, 4) is 17.1 Å². The third-order valence-corrected chi connectivity index (χ3v) is 6.84. The Kier molecular flexibility index (Phi) is 6.56. The van der Waals surface area contributed by atoms with Crippen molar-refractivity contribution in [3.05, 3.63) is 59.4 Å². The molecule has 0 aliphatic heterocycles. The van der Waals surface area contributed by atoms with Gasteiger partial charge in [-0.3, -0.25) is 0 Å². The molecule has 9 heteroatoms. The lowest BCUT2D eigenvalue weighted by molar-refractivity contribution is 0.272. The van der Waals surface area contributed by atoms with Crippen LogP contribution in [0.2, 0.25) is 5.02 Å². The van der Waals surface area contributed by atoms with Gasteiger partial charge in [0.05, 0.1) is 18.6 Å². The van der Waals surface area contributed by atoms with E-state index in [9.17, 15) is 8.42 Å². The standard InChI is InChI=1S/C20H22ClN3O4S/c1-4-14(2)24(29(25,26)18-11-9-17(27-3)10-12-18)13-19-22-20(23-28-19)15-5-7-16(21)8-6-15/h5-12,14H,4,13H2,1-3H3/t14-/m1/s1. The number of benzene rings is 2. The van der Waals surface area contributed by atoms with Gasteiger partial charge in [0.2, 0.25) is 21.7 Å². The predicted molar refractivity (Wildman–Crippen MR) is 110 cm³/mol. The number of rotatable bonds is 8. The van der Waals surface area contributed by atoms with E-state index in [0.29, 0.717) is 23.0 Å². The minimum absolute atomic E-state index is 0.0239. The highest BCUT2D eigenvalue weighted by molar-refractivity contribution is 7.89. The highest BCUT2D eigenvalue weighted by Gasteiger charge is 2.30. The van der Waals surface area contributed by atoms with Crippen molar-refractivity contribution in [2.45, 2.75) is 37.8 Å². The summed E-state index contributed by atoms with van der Waals surface area (Å²) in [4.78, 5) is 4.53. The van der Waals surface area contributed by atoms with Crippen molar-refractivity contribution < 1.29 is 17.7 Å². The third kappa shape index (κ3) is 4.77. The van der Waals surface area contributed by atoms with Gasteiger partial charge in [0.1, 0.15) is 5.75 Å². The van der Waals surface area contributed by atoms with E-state index in [2.05, 4.69) is 10.1 Å². The molecule has 0 spiro atoms. The summed E-state index contributed by atoms with van der Waals surface area (Å²) in [6.07, 6.45) is 0.633. The normalized spacial score (nSPS) is 12.9. The van der Waals surface area contributed by atoms with Crippen LogP contribution in [0.3, 0.4) is 0 Å². The van der Waals surface area contributed by atoms with Crippen LogP contribution in [0.4, 0.5) is 0 Å². The van der Waals surface area contributed by atoms with Gasteiger partial charge >= 0.3 is 0 Å². The molecule has 0 aliphatic carbocycles. The Morgan fingerprint density at radius 1 is 1.14 bits per heavy atom. The van der Waals surface area contributed by atoms with Crippen LogP contribution in [-0.2, 0) is 16.6 Å². The molecule has 0 radical (unpaired) electrons. The van der Waals surface area contributed by atoms with Crippen molar-refractivity contribution in [1.29, 1.82) is 0 Å². The molecule has 0 saturated heterocycles. The van der Waals surface area contributed by atoms with E-state index in [1.807, 2.05) is 13.8 Å². The van der Waals surface area contributed by atoms with Crippen LogP contribution in [-0.4, -0.2) is 36.0 Å². The summed E-state index contributed by atoms with van der Waals surface area (Å²) in [6, 6.07) is 13.0. The molecule has 1 heterocycles. The molecular weight excluding hydrogens is 414 g/mol. The highest BCUT2D eigenvalue weighted by atomic mass is 35.5. The summed E-state index contributed by atoms with van der Waals surface area (Å²) < 4.78 is 38.3. The molecule has 0 amide bonds. The summed E-state index contributed by atoms with van der Waals surface area (Å²) in [5.74, 6) is 1.18. The largest absolute Gasteiger partial charge is 0.497 e. The van der Waals surface area contributed by atoms with Gasteiger partial charge in [0.25, 0.3) is 0 Å². The van der Waals surface area contributed by atoms with Crippen LogP contribution in [0.15, 0.2) is 57.9 Å². The first-order chi connectivity index (χ1) is 13.8. The van der Waals surface area contributed by atoms with Gasteiger partial charge < -0.3 is 9.26 Å². The van der Waals surface area contributed by atoms with E-state index in [-0.39, 0.29) is 23.4 Å². The Hall–Kier alpha value is -2.42. The fraction of sp³-hybridized carbons (Fsp3) is 0.300. The van der Waals surface area contributed by atoms with Crippen LogP contribution in [0.5, 0.6) is 5.75 Å². The Labute approximate surface area is 175 Å². The zero-order valence-corrected chi connectivity index (χ0v) is 17.9. The van der Waals surface area contributed by atoms with E-state index in [0.717, 1.165) is 5.56 Å². The van der Waals surface area contributed by atoms with E-state index in [1.54, 1.807) is 36.4 Å². The molecule has 0 unspecified atom stereocenters. The number of halogens is 1. The lowest BCUT2D eigenvalue weighted by atomic mass is 10.2. The summed E-state index contributed by atoms with van der Waals surface area (Å²) in [7, 11) is -2.23. The number of nitrogens with zero attached hydrogens (tertiary/aromatic N) is 3. The van der Waals surface area contributed by atoms with Gasteiger partial charge in [-0.1, -0.05) is 23.7 Å². The highest BCUT2D eigenvalue weighted by Crippen LogP contribution is 2.25. The van der Waals surface area contributed by atoms with E-state index < -0.39 is 10.0 Å². The van der Waals surface area contributed by atoms with Gasteiger partial charge in [0, 0.05) is 16.6 Å². The number of aromatic nitrogens is 2. The Morgan fingerprint density at radius 2 is 1.79 bits per heavy atom. The number of ether oxygens (including phenoxy) is 1. The number of methoxy groups -OCH3 is 1. The Balaban J connectivity index is 1.88. The summed E-state index contributed by atoms with van der Waals surface area (Å²) in [5.41, 5.74) is 0.734. The number of hydrogen-bond donors (Lipinski definition) is 0. The minimum atomic E-state index is -3.76. The van der Waals surface area contributed by atoms with Gasteiger partial charge in [-0.05, 0) is 61.9 Å². The first-order valence-corrected chi connectivity index (χ1v) is 10.9. The fourth-order valence-corrected chi connectivity index (χ4v) is 4.51. The summed E-state index contributed by atoms with van der Waals surface area (Å²) >= 11 is 5.91. The predicted octanol–water partition coefficient (Wildman–Crippen LogP) is 4.39. The minimum Gasteiger partial charge on any atom is -0.497 e. The quantitative estimate of drug-likeness (QED) is 0.521. The molecule has 0 aliphatic rings. The second kappa shape index (κ2) is 8.94. The van der Waals surface area contributed by atoms with Crippen LogP contribution >= 0.6 is 11.6 Å². The van der Waals surface area contributed by atoms with Crippen molar-refractivity contribution >= 4 is 21.6 Å². The molecule has 29 heavy (non-hydrogen) atoms. The maximum Gasteiger partial charge on any atom is 0.243 e. The molecule has 0 N–H and O–H groups in total. The van der Waals surface area contributed by atoms with E-state index in [4.69, 9.17) is 20.9 Å². The maximum atomic E-state index is 13.2. The van der Waals surface area contributed by atoms with Gasteiger partial charge in [0.15, 0.2) is 0 Å². The molecular formula is C20H22ClN3O4S. The lowest BCUT2D eigenvalue weighted by Crippen LogP contribution is -2.37.